The van der Waals surface area contributed by atoms with Crippen LogP contribution in [0.1, 0.15) is 6.92 Å². The monoisotopic (exact) mass is 255 g/mol. The average molecular weight is 256 g/mol. The van der Waals surface area contributed by atoms with Gasteiger partial charge in [0.2, 0.25) is 0 Å². The zero-order chi connectivity index (χ0) is 10.6. The Balaban J connectivity index is 2.81. The second-order valence-corrected chi connectivity index (χ2v) is 3.31. The maximum absolute atomic E-state index is 13.0. The van der Waals surface area contributed by atoms with Crippen LogP contribution in [0.4, 0.5) is 10.1 Å². The maximum Gasteiger partial charge on any atom is 0.300 e. The van der Waals surface area contributed by atoms with Gasteiger partial charge in [-0.3, -0.25) is 4.79 Å². The lowest BCUT2D eigenvalue weighted by molar-refractivity contribution is -0.111. The van der Waals surface area contributed by atoms with Gasteiger partial charge in [0.05, 0.1) is 4.47 Å². The standard InChI is InChI=1S/C10H7BrFNO/c1-2-3-10(14)13-7-4-5-8(11)9(12)6-7/h4-6H,1H3,(H,13,14). The minimum absolute atomic E-state index is 0.358. The predicted molar refractivity (Wildman–Crippen MR) is 56.2 cm³/mol. The molecular formula is C10H7BrFNO. The molecule has 0 fully saturated rings. The molecule has 2 nitrogen and oxygen atoms in total. The molecule has 0 aliphatic carbocycles. The van der Waals surface area contributed by atoms with E-state index in [0.717, 1.165) is 0 Å². The normalized spacial score (nSPS) is 8.79. The van der Waals surface area contributed by atoms with Crippen LogP contribution in [0.15, 0.2) is 22.7 Å². The molecular weight excluding hydrogens is 249 g/mol. The summed E-state index contributed by atoms with van der Waals surface area (Å²) in [6, 6.07) is 4.33. The van der Waals surface area contributed by atoms with Gasteiger partial charge in [0.25, 0.3) is 5.91 Å². The number of hydrogen-bond acceptors (Lipinski definition) is 1. The van der Waals surface area contributed by atoms with Gasteiger partial charge in [0.1, 0.15) is 5.82 Å². The van der Waals surface area contributed by atoms with Gasteiger partial charge in [-0.1, -0.05) is 5.92 Å². The highest BCUT2D eigenvalue weighted by Gasteiger charge is 2.02. The molecule has 0 aromatic heterocycles. The van der Waals surface area contributed by atoms with Crippen molar-refractivity contribution in [3.05, 3.63) is 28.5 Å². The molecule has 0 aliphatic rings. The van der Waals surface area contributed by atoms with Crippen LogP contribution in [-0.4, -0.2) is 5.91 Å². The van der Waals surface area contributed by atoms with Gasteiger partial charge >= 0.3 is 0 Å². The Morgan fingerprint density at radius 2 is 2.29 bits per heavy atom. The lowest BCUT2D eigenvalue weighted by Crippen LogP contribution is -2.08. The summed E-state index contributed by atoms with van der Waals surface area (Å²) in [5, 5.41) is 2.44. The molecule has 0 spiro atoms. The Bertz CT molecular complexity index is 420. The highest BCUT2D eigenvalue weighted by molar-refractivity contribution is 9.10. The van der Waals surface area contributed by atoms with Crippen LogP contribution >= 0.6 is 15.9 Å². The number of nitrogens with one attached hydrogen (secondary N) is 1. The topological polar surface area (TPSA) is 29.1 Å². The minimum Gasteiger partial charge on any atom is -0.315 e. The maximum atomic E-state index is 13.0. The zero-order valence-electron chi connectivity index (χ0n) is 7.40. The van der Waals surface area contributed by atoms with E-state index >= 15 is 0 Å². The molecule has 0 aliphatic heterocycles. The van der Waals surface area contributed by atoms with Crippen LogP contribution in [0.25, 0.3) is 0 Å². The molecule has 1 aromatic carbocycles. The van der Waals surface area contributed by atoms with Gasteiger partial charge in [0, 0.05) is 5.69 Å². The second-order valence-electron chi connectivity index (χ2n) is 2.46. The number of rotatable bonds is 1. The number of hydrogen-bond donors (Lipinski definition) is 1. The molecule has 0 heterocycles. The first-order valence-corrected chi connectivity index (χ1v) is 4.61. The molecule has 0 atom stereocenters. The molecule has 1 aromatic rings. The lowest BCUT2D eigenvalue weighted by atomic mass is 10.3. The van der Waals surface area contributed by atoms with Gasteiger partial charge in [-0.2, -0.15) is 0 Å². The van der Waals surface area contributed by atoms with Crippen molar-refractivity contribution in [3.63, 3.8) is 0 Å². The van der Waals surface area contributed by atoms with E-state index < -0.39 is 11.7 Å². The number of carbonyl (C=O) groups excluding carboxylic acids is 1. The van der Waals surface area contributed by atoms with E-state index in [1.807, 2.05) is 0 Å². The van der Waals surface area contributed by atoms with Crippen LogP contribution in [0, 0.1) is 17.7 Å². The van der Waals surface area contributed by atoms with Crippen molar-refractivity contribution in [1.82, 2.24) is 0 Å². The van der Waals surface area contributed by atoms with Crippen molar-refractivity contribution in [2.45, 2.75) is 6.92 Å². The van der Waals surface area contributed by atoms with Crippen molar-refractivity contribution in [2.75, 3.05) is 5.32 Å². The van der Waals surface area contributed by atoms with Crippen LogP contribution in [0.5, 0.6) is 0 Å². The first-order chi connectivity index (χ1) is 6.63. The third-order valence-electron chi connectivity index (χ3n) is 1.42. The summed E-state index contributed by atoms with van der Waals surface area (Å²) in [5.74, 6) is 3.87. The quantitative estimate of drug-likeness (QED) is 0.768. The molecule has 1 amide bonds. The van der Waals surface area contributed by atoms with Crippen LogP contribution < -0.4 is 5.32 Å². The molecule has 0 unspecified atom stereocenters. The first-order valence-electron chi connectivity index (χ1n) is 3.82. The first kappa shape index (κ1) is 10.7. The van der Waals surface area contributed by atoms with Crippen molar-refractivity contribution < 1.29 is 9.18 Å². The largest absolute Gasteiger partial charge is 0.315 e. The van der Waals surface area contributed by atoms with Crippen LogP contribution in [-0.2, 0) is 4.79 Å². The van der Waals surface area contributed by atoms with Crippen molar-refractivity contribution in [1.29, 1.82) is 0 Å². The predicted octanol–water partition coefficient (Wildman–Crippen LogP) is 2.55. The van der Waals surface area contributed by atoms with Gasteiger partial charge in [-0.25, -0.2) is 4.39 Å². The van der Waals surface area contributed by atoms with E-state index in [2.05, 4.69) is 33.1 Å². The zero-order valence-corrected chi connectivity index (χ0v) is 8.98. The molecule has 0 saturated heterocycles. The molecule has 0 saturated carbocycles. The fourth-order valence-corrected chi connectivity index (χ4v) is 1.10. The Kier molecular flexibility index (Phi) is 3.66. The molecule has 1 N–H and O–H groups in total. The van der Waals surface area contributed by atoms with Crippen molar-refractivity contribution >= 4 is 27.5 Å². The van der Waals surface area contributed by atoms with Gasteiger partial charge < -0.3 is 5.32 Å². The average Bonchev–Trinajstić information content (AvgIpc) is 2.12. The number of amides is 1. The molecule has 72 valence electrons. The van der Waals surface area contributed by atoms with Gasteiger partial charge in [-0.05, 0) is 47.0 Å². The fraction of sp³-hybridized carbons (Fsp3) is 0.100. The highest BCUT2D eigenvalue weighted by Crippen LogP contribution is 2.18. The van der Waals surface area contributed by atoms with Crippen LogP contribution in [0.2, 0.25) is 0 Å². The molecule has 14 heavy (non-hydrogen) atoms. The summed E-state index contributed by atoms with van der Waals surface area (Å²) in [6.45, 7) is 1.56. The van der Waals surface area contributed by atoms with Gasteiger partial charge in [-0.15, -0.1) is 0 Å². The van der Waals surface area contributed by atoms with E-state index in [4.69, 9.17) is 0 Å². The van der Waals surface area contributed by atoms with E-state index in [0.29, 0.717) is 10.2 Å². The summed E-state index contributed by atoms with van der Waals surface area (Å²) >= 11 is 3.01. The Labute approximate surface area is 89.6 Å². The van der Waals surface area contributed by atoms with E-state index in [1.165, 1.54) is 12.1 Å². The third-order valence-corrected chi connectivity index (χ3v) is 2.06. The SMILES string of the molecule is CC#CC(=O)Nc1ccc(Br)c(F)c1. The summed E-state index contributed by atoms with van der Waals surface area (Å²) in [6.07, 6.45) is 0. The van der Waals surface area contributed by atoms with Gasteiger partial charge in [0.15, 0.2) is 0 Å². The van der Waals surface area contributed by atoms with Crippen molar-refractivity contribution in [3.8, 4) is 11.8 Å². The second kappa shape index (κ2) is 4.77. The number of carbonyl (C=O) groups is 1. The Hall–Kier alpha value is -1.34. The molecule has 4 heteroatoms. The van der Waals surface area contributed by atoms with Crippen molar-refractivity contribution in [2.24, 2.45) is 0 Å². The molecule has 0 bridgehead atoms. The number of halogens is 2. The smallest absolute Gasteiger partial charge is 0.300 e. The van der Waals surface area contributed by atoms with E-state index in [9.17, 15) is 9.18 Å². The number of anilines is 1. The summed E-state index contributed by atoms with van der Waals surface area (Å²) in [4.78, 5) is 11.0. The van der Waals surface area contributed by atoms with E-state index in [-0.39, 0.29) is 0 Å². The third kappa shape index (κ3) is 2.86. The van der Waals surface area contributed by atoms with Crippen LogP contribution in [0.3, 0.4) is 0 Å². The lowest BCUT2D eigenvalue weighted by Gasteiger charge is -2.01. The Morgan fingerprint density at radius 1 is 1.57 bits per heavy atom. The summed E-state index contributed by atoms with van der Waals surface area (Å²) in [7, 11) is 0. The summed E-state index contributed by atoms with van der Waals surface area (Å²) in [5.41, 5.74) is 0.387. The van der Waals surface area contributed by atoms with E-state index in [1.54, 1.807) is 13.0 Å². The minimum atomic E-state index is -0.450. The molecule has 1 rings (SSSR count). The Morgan fingerprint density at radius 3 is 2.86 bits per heavy atom. The summed E-state index contributed by atoms with van der Waals surface area (Å²) < 4.78 is 13.3. The molecule has 0 radical (unpaired) electrons. The number of benzene rings is 1. The fourth-order valence-electron chi connectivity index (χ4n) is 0.850. The highest BCUT2D eigenvalue weighted by atomic mass is 79.9.